The number of hydrogen-bond donors (Lipinski definition) is 1. The van der Waals surface area contributed by atoms with E-state index in [0.717, 1.165) is 29.2 Å². The molecule has 1 heterocycles. The average molecular weight is 261 g/mol. The second-order valence-corrected chi connectivity index (χ2v) is 4.21. The van der Waals surface area contributed by atoms with E-state index in [-0.39, 0.29) is 6.04 Å². The van der Waals surface area contributed by atoms with Crippen molar-refractivity contribution in [2.75, 3.05) is 21.3 Å². The predicted octanol–water partition coefficient (Wildman–Crippen LogP) is 2.80. The summed E-state index contributed by atoms with van der Waals surface area (Å²) in [4.78, 5) is 0. The molecule has 0 radical (unpaired) electrons. The Morgan fingerprint density at radius 1 is 1.16 bits per heavy atom. The molecule has 4 heteroatoms. The van der Waals surface area contributed by atoms with E-state index in [1.807, 2.05) is 37.4 Å². The summed E-state index contributed by atoms with van der Waals surface area (Å²) in [6.07, 6.45) is 2.44. The molecule has 0 saturated carbocycles. The fourth-order valence-electron chi connectivity index (χ4n) is 2.18. The van der Waals surface area contributed by atoms with Crippen molar-refractivity contribution in [3.63, 3.8) is 0 Å². The first-order chi connectivity index (χ1) is 9.30. The Bertz CT molecular complexity index is 508. The lowest BCUT2D eigenvalue weighted by atomic mass is 10.0. The van der Waals surface area contributed by atoms with Crippen LogP contribution in [0.25, 0.3) is 0 Å². The first-order valence-corrected chi connectivity index (χ1v) is 6.20. The fraction of sp³-hybridized carbons (Fsp3) is 0.333. The van der Waals surface area contributed by atoms with E-state index in [1.165, 1.54) is 0 Å². The number of ether oxygens (including phenoxy) is 2. The zero-order chi connectivity index (χ0) is 13.7. The molecular formula is C15H19NO3. The van der Waals surface area contributed by atoms with Gasteiger partial charge in [-0.05, 0) is 25.2 Å². The minimum atomic E-state index is 0.108. The molecule has 1 atom stereocenters. The molecule has 1 aromatic heterocycles. The first-order valence-electron chi connectivity index (χ1n) is 6.20. The van der Waals surface area contributed by atoms with Crippen molar-refractivity contribution in [1.29, 1.82) is 0 Å². The Hall–Kier alpha value is -1.94. The lowest BCUT2D eigenvalue weighted by Crippen LogP contribution is -2.19. The minimum absolute atomic E-state index is 0.108. The third-order valence-electron chi connectivity index (χ3n) is 3.14. The Labute approximate surface area is 113 Å². The van der Waals surface area contributed by atoms with E-state index < -0.39 is 0 Å². The topological polar surface area (TPSA) is 43.6 Å². The zero-order valence-electron chi connectivity index (χ0n) is 11.5. The van der Waals surface area contributed by atoms with Gasteiger partial charge in [-0.15, -0.1) is 0 Å². The average Bonchev–Trinajstić information content (AvgIpc) is 2.96. The molecule has 102 valence electrons. The van der Waals surface area contributed by atoms with Gasteiger partial charge in [-0.2, -0.15) is 0 Å². The highest BCUT2D eigenvalue weighted by Gasteiger charge is 2.19. The molecule has 2 rings (SSSR count). The number of rotatable bonds is 6. The highest BCUT2D eigenvalue weighted by molar-refractivity contribution is 5.48. The van der Waals surface area contributed by atoms with Gasteiger partial charge >= 0.3 is 0 Å². The monoisotopic (exact) mass is 261 g/mol. The quantitative estimate of drug-likeness (QED) is 0.868. The second-order valence-electron chi connectivity index (χ2n) is 4.21. The Kier molecular flexibility index (Phi) is 4.47. The summed E-state index contributed by atoms with van der Waals surface area (Å²) in [5.74, 6) is 2.43. The maximum atomic E-state index is 5.47. The normalized spacial score (nSPS) is 12.2. The molecule has 0 spiro atoms. The zero-order valence-corrected chi connectivity index (χ0v) is 11.5. The number of benzene rings is 1. The van der Waals surface area contributed by atoms with Crippen LogP contribution in [0.2, 0.25) is 0 Å². The largest absolute Gasteiger partial charge is 0.493 e. The van der Waals surface area contributed by atoms with Gasteiger partial charge in [0.1, 0.15) is 5.76 Å². The lowest BCUT2D eigenvalue weighted by Gasteiger charge is -2.20. The third kappa shape index (κ3) is 2.90. The number of para-hydroxylation sites is 1. The number of likely N-dealkylation sites (N-methyl/N-ethyl adjacent to an activating group) is 1. The van der Waals surface area contributed by atoms with Crippen LogP contribution in [-0.4, -0.2) is 21.3 Å². The molecule has 0 fully saturated rings. The molecule has 1 N–H and O–H groups in total. The van der Waals surface area contributed by atoms with Crippen molar-refractivity contribution in [2.45, 2.75) is 12.5 Å². The third-order valence-corrected chi connectivity index (χ3v) is 3.14. The molecule has 0 aliphatic rings. The SMILES string of the molecule is CNC(Cc1ccco1)c1cccc(OC)c1OC. The van der Waals surface area contributed by atoms with Crippen LogP contribution in [0.5, 0.6) is 11.5 Å². The van der Waals surface area contributed by atoms with Crippen LogP contribution in [0.1, 0.15) is 17.4 Å². The van der Waals surface area contributed by atoms with E-state index in [0.29, 0.717) is 0 Å². The van der Waals surface area contributed by atoms with E-state index in [9.17, 15) is 0 Å². The number of methoxy groups -OCH3 is 2. The van der Waals surface area contributed by atoms with Crippen LogP contribution in [0.15, 0.2) is 41.0 Å². The summed E-state index contributed by atoms with van der Waals surface area (Å²) >= 11 is 0. The van der Waals surface area contributed by atoms with Gasteiger partial charge in [-0.25, -0.2) is 0 Å². The summed E-state index contributed by atoms with van der Waals surface area (Å²) in [6.45, 7) is 0. The Morgan fingerprint density at radius 3 is 2.58 bits per heavy atom. The predicted molar refractivity (Wildman–Crippen MR) is 73.8 cm³/mol. The minimum Gasteiger partial charge on any atom is -0.493 e. The van der Waals surface area contributed by atoms with Crippen LogP contribution in [0.3, 0.4) is 0 Å². The molecule has 0 saturated heterocycles. The van der Waals surface area contributed by atoms with E-state index in [2.05, 4.69) is 5.32 Å². The van der Waals surface area contributed by atoms with Gasteiger partial charge in [0.25, 0.3) is 0 Å². The fourth-order valence-corrected chi connectivity index (χ4v) is 2.18. The molecule has 4 nitrogen and oxygen atoms in total. The summed E-state index contributed by atoms with van der Waals surface area (Å²) in [5, 5.41) is 3.29. The van der Waals surface area contributed by atoms with Crippen molar-refractivity contribution < 1.29 is 13.9 Å². The highest BCUT2D eigenvalue weighted by Crippen LogP contribution is 2.35. The van der Waals surface area contributed by atoms with Crippen molar-refractivity contribution in [3.8, 4) is 11.5 Å². The van der Waals surface area contributed by atoms with Gasteiger partial charge in [-0.1, -0.05) is 12.1 Å². The number of furan rings is 1. The molecule has 0 amide bonds. The molecule has 0 aliphatic carbocycles. The van der Waals surface area contributed by atoms with Crippen molar-refractivity contribution in [3.05, 3.63) is 47.9 Å². The Balaban J connectivity index is 2.32. The van der Waals surface area contributed by atoms with Crippen LogP contribution < -0.4 is 14.8 Å². The molecular weight excluding hydrogens is 242 g/mol. The van der Waals surface area contributed by atoms with Gasteiger partial charge in [0, 0.05) is 18.0 Å². The summed E-state index contributed by atoms with van der Waals surface area (Å²) < 4.78 is 16.2. The first kappa shape index (κ1) is 13.5. The molecule has 1 aromatic carbocycles. The number of nitrogens with one attached hydrogen (secondary N) is 1. The smallest absolute Gasteiger partial charge is 0.165 e. The summed E-state index contributed by atoms with van der Waals surface area (Å²) in [5.41, 5.74) is 1.06. The van der Waals surface area contributed by atoms with Gasteiger partial charge in [0.2, 0.25) is 0 Å². The number of hydrogen-bond acceptors (Lipinski definition) is 4. The van der Waals surface area contributed by atoms with E-state index in [4.69, 9.17) is 13.9 Å². The van der Waals surface area contributed by atoms with Gasteiger partial charge < -0.3 is 19.2 Å². The van der Waals surface area contributed by atoms with Crippen molar-refractivity contribution in [2.24, 2.45) is 0 Å². The van der Waals surface area contributed by atoms with Gasteiger partial charge in [0.05, 0.1) is 20.5 Å². The molecule has 0 aliphatic heterocycles. The Morgan fingerprint density at radius 2 is 2.00 bits per heavy atom. The van der Waals surface area contributed by atoms with Gasteiger partial charge in [-0.3, -0.25) is 0 Å². The van der Waals surface area contributed by atoms with Gasteiger partial charge in [0.15, 0.2) is 11.5 Å². The van der Waals surface area contributed by atoms with Crippen molar-refractivity contribution >= 4 is 0 Å². The highest BCUT2D eigenvalue weighted by atomic mass is 16.5. The molecule has 1 unspecified atom stereocenters. The molecule has 0 bridgehead atoms. The summed E-state index contributed by atoms with van der Waals surface area (Å²) in [7, 11) is 5.22. The lowest BCUT2D eigenvalue weighted by molar-refractivity contribution is 0.346. The van der Waals surface area contributed by atoms with Crippen LogP contribution in [0.4, 0.5) is 0 Å². The molecule has 19 heavy (non-hydrogen) atoms. The van der Waals surface area contributed by atoms with E-state index >= 15 is 0 Å². The van der Waals surface area contributed by atoms with Crippen LogP contribution >= 0.6 is 0 Å². The standard InChI is InChI=1S/C15H19NO3/c1-16-13(10-11-6-5-9-19-11)12-7-4-8-14(17-2)15(12)18-3/h4-9,13,16H,10H2,1-3H3. The van der Waals surface area contributed by atoms with Crippen LogP contribution in [-0.2, 0) is 6.42 Å². The van der Waals surface area contributed by atoms with E-state index in [1.54, 1.807) is 20.5 Å². The molecule has 2 aromatic rings. The maximum Gasteiger partial charge on any atom is 0.165 e. The summed E-state index contributed by atoms with van der Waals surface area (Å²) in [6, 6.07) is 9.86. The second kappa shape index (κ2) is 6.29. The maximum absolute atomic E-state index is 5.47. The van der Waals surface area contributed by atoms with Crippen molar-refractivity contribution in [1.82, 2.24) is 5.32 Å². The van der Waals surface area contributed by atoms with Crippen LogP contribution in [0, 0.1) is 0 Å².